The first-order chi connectivity index (χ1) is 15.1. The monoisotopic (exact) mass is 460 g/mol. The second-order valence-corrected chi connectivity index (χ2v) is 9.72. The molecular formula is C22H25FN4O4S. The number of ether oxygens (including phenoxy) is 1. The average molecular weight is 461 g/mol. The van der Waals surface area contributed by atoms with Gasteiger partial charge in [0.1, 0.15) is 17.7 Å². The Hall–Kier alpha value is -2.98. The first-order valence-corrected chi connectivity index (χ1v) is 11.8. The van der Waals surface area contributed by atoms with Gasteiger partial charge in [0.2, 0.25) is 5.91 Å². The topological polar surface area (TPSA) is 100 Å². The van der Waals surface area contributed by atoms with Gasteiger partial charge in [-0.05, 0) is 51.1 Å². The molecule has 2 aliphatic heterocycles. The number of amidine groups is 1. The van der Waals surface area contributed by atoms with Gasteiger partial charge in [-0.15, -0.1) is 0 Å². The summed E-state index contributed by atoms with van der Waals surface area (Å²) in [5.41, 5.74) is 1.16. The zero-order valence-electron chi connectivity index (χ0n) is 18.0. The summed E-state index contributed by atoms with van der Waals surface area (Å²) in [4.78, 5) is 18.9. The van der Waals surface area contributed by atoms with E-state index >= 15 is 0 Å². The highest BCUT2D eigenvalue weighted by atomic mass is 32.2. The van der Waals surface area contributed by atoms with Gasteiger partial charge in [0.15, 0.2) is 0 Å². The molecule has 170 valence electrons. The standard InChI is InChI=1S/C22H25FN4O4S/c1-13-11-27(12-14(2)31-13)19-9-8-16(10-18(19)23)25-22(28)15(3)24-21-17-6-4-5-7-20(17)32(29,30)26-21/h4-10,13-15H,11-12H2,1-3H3,(H,24,26)(H,25,28)/t13?,14?,15-/m0/s1. The van der Waals surface area contributed by atoms with Crippen molar-refractivity contribution in [3.05, 3.63) is 53.8 Å². The molecule has 0 aromatic heterocycles. The van der Waals surface area contributed by atoms with Crippen LogP contribution in [0.5, 0.6) is 0 Å². The predicted molar refractivity (Wildman–Crippen MR) is 120 cm³/mol. The van der Waals surface area contributed by atoms with E-state index < -0.39 is 27.8 Å². The Kier molecular flexibility index (Phi) is 5.91. The van der Waals surface area contributed by atoms with Gasteiger partial charge in [-0.3, -0.25) is 14.5 Å². The van der Waals surface area contributed by atoms with Crippen LogP contribution in [0.2, 0.25) is 0 Å². The molecule has 0 radical (unpaired) electrons. The number of halogens is 1. The summed E-state index contributed by atoms with van der Waals surface area (Å²) < 4.78 is 47.2. The van der Waals surface area contributed by atoms with Gasteiger partial charge in [0, 0.05) is 24.3 Å². The molecule has 8 nitrogen and oxygen atoms in total. The van der Waals surface area contributed by atoms with E-state index in [2.05, 4.69) is 15.0 Å². The van der Waals surface area contributed by atoms with Crippen molar-refractivity contribution in [2.45, 2.75) is 43.9 Å². The molecule has 2 aromatic carbocycles. The number of carbonyl (C=O) groups excluding carboxylic acids is 1. The Morgan fingerprint density at radius 2 is 1.91 bits per heavy atom. The number of carbonyl (C=O) groups is 1. The number of morpholine rings is 1. The third-order valence-electron chi connectivity index (χ3n) is 5.34. The van der Waals surface area contributed by atoms with Crippen molar-refractivity contribution in [2.24, 2.45) is 4.99 Å². The summed E-state index contributed by atoms with van der Waals surface area (Å²) in [6.07, 6.45) is -0.00809. The van der Waals surface area contributed by atoms with Crippen molar-refractivity contribution < 1.29 is 22.3 Å². The van der Waals surface area contributed by atoms with Crippen LogP contribution in [0.25, 0.3) is 0 Å². The molecule has 2 heterocycles. The Labute approximate surface area is 186 Å². The van der Waals surface area contributed by atoms with Gasteiger partial charge in [-0.2, -0.15) is 0 Å². The van der Waals surface area contributed by atoms with Crippen molar-refractivity contribution in [1.82, 2.24) is 4.72 Å². The number of rotatable bonds is 4. The van der Waals surface area contributed by atoms with Gasteiger partial charge in [0.25, 0.3) is 10.0 Å². The molecule has 2 unspecified atom stereocenters. The van der Waals surface area contributed by atoms with Crippen molar-refractivity contribution >= 4 is 33.1 Å². The lowest BCUT2D eigenvalue weighted by Crippen LogP contribution is -2.45. The molecule has 0 saturated carbocycles. The van der Waals surface area contributed by atoms with Crippen LogP contribution in [0.15, 0.2) is 52.4 Å². The van der Waals surface area contributed by atoms with Crippen LogP contribution < -0.4 is 14.9 Å². The van der Waals surface area contributed by atoms with Gasteiger partial charge >= 0.3 is 0 Å². The van der Waals surface area contributed by atoms with Gasteiger partial charge in [-0.25, -0.2) is 12.8 Å². The number of hydrogen-bond acceptors (Lipinski definition) is 6. The first kappa shape index (κ1) is 22.2. The Morgan fingerprint density at radius 1 is 1.22 bits per heavy atom. The molecule has 0 bridgehead atoms. The first-order valence-electron chi connectivity index (χ1n) is 10.3. The van der Waals surface area contributed by atoms with E-state index in [9.17, 15) is 17.6 Å². The predicted octanol–water partition coefficient (Wildman–Crippen LogP) is 2.51. The van der Waals surface area contributed by atoms with E-state index in [4.69, 9.17) is 4.74 Å². The average Bonchev–Trinajstić information content (AvgIpc) is 2.97. The molecule has 4 rings (SSSR count). The molecule has 32 heavy (non-hydrogen) atoms. The SMILES string of the molecule is CC1CN(c2ccc(NC(=O)[C@H](C)N=C3NS(=O)(=O)c4ccccc43)cc2F)CC(C)O1. The number of aliphatic imine (C=N–C) groups is 1. The third kappa shape index (κ3) is 4.46. The minimum Gasteiger partial charge on any atom is -0.372 e. The Balaban J connectivity index is 1.47. The van der Waals surface area contributed by atoms with Crippen LogP contribution >= 0.6 is 0 Å². The largest absolute Gasteiger partial charge is 0.372 e. The van der Waals surface area contributed by atoms with E-state index in [-0.39, 0.29) is 22.9 Å². The van der Waals surface area contributed by atoms with Gasteiger partial charge < -0.3 is 15.0 Å². The number of hydrogen-bond donors (Lipinski definition) is 2. The van der Waals surface area contributed by atoms with Crippen molar-refractivity contribution in [2.75, 3.05) is 23.3 Å². The lowest BCUT2D eigenvalue weighted by Gasteiger charge is -2.37. The molecule has 10 heteroatoms. The zero-order valence-corrected chi connectivity index (χ0v) is 18.8. The Bertz CT molecular complexity index is 1170. The fraction of sp³-hybridized carbons (Fsp3) is 0.364. The van der Waals surface area contributed by atoms with E-state index in [0.717, 1.165) is 0 Å². The van der Waals surface area contributed by atoms with Crippen LogP contribution in [0, 0.1) is 5.82 Å². The molecule has 0 spiro atoms. The Morgan fingerprint density at radius 3 is 2.59 bits per heavy atom. The van der Waals surface area contributed by atoms with Crippen LogP contribution in [-0.2, 0) is 19.6 Å². The van der Waals surface area contributed by atoms with Gasteiger partial charge in [-0.1, -0.05) is 12.1 Å². The van der Waals surface area contributed by atoms with E-state index in [0.29, 0.717) is 30.0 Å². The molecule has 1 amide bonds. The maximum absolute atomic E-state index is 14.8. The molecule has 1 fully saturated rings. The van der Waals surface area contributed by atoms with E-state index in [1.54, 1.807) is 37.3 Å². The lowest BCUT2D eigenvalue weighted by molar-refractivity contribution is -0.117. The number of nitrogens with zero attached hydrogens (tertiary/aromatic N) is 2. The number of amides is 1. The van der Waals surface area contributed by atoms with Gasteiger partial charge in [0.05, 0.1) is 22.8 Å². The minimum atomic E-state index is -3.69. The second-order valence-electron chi connectivity index (χ2n) is 8.07. The molecule has 3 atom stereocenters. The van der Waals surface area contributed by atoms with Crippen LogP contribution in [0.4, 0.5) is 15.8 Å². The summed E-state index contributed by atoms with van der Waals surface area (Å²) in [7, 11) is -3.69. The normalized spacial score (nSPS) is 24.0. The number of fused-ring (bicyclic) bond motifs is 1. The van der Waals surface area contributed by atoms with Crippen molar-refractivity contribution in [3.8, 4) is 0 Å². The number of sulfonamides is 1. The fourth-order valence-corrected chi connectivity index (χ4v) is 5.18. The summed E-state index contributed by atoms with van der Waals surface area (Å²) in [6, 6.07) is 10.1. The smallest absolute Gasteiger partial charge is 0.263 e. The van der Waals surface area contributed by atoms with Crippen molar-refractivity contribution in [3.63, 3.8) is 0 Å². The molecule has 1 saturated heterocycles. The maximum Gasteiger partial charge on any atom is 0.263 e. The van der Waals surface area contributed by atoms with E-state index in [1.165, 1.54) is 12.1 Å². The summed E-state index contributed by atoms with van der Waals surface area (Å²) in [5, 5.41) is 2.64. The van der Waals surface area contributed by atoms with Crippen LogP contribution in [0.3, 0.4) is 0 Å². The molecule has 2 aromatic rings. The third-order valence-corrected chi connectivity index (χ3v) is 6.74. The number of nitrogens with one attached hydrogen (secondary N) is 2. The quantitative estimate of drug-likeness (QED) is 0.730. The molecular weight excluding hydrogens is 435 g/mol. The maximum atomic E-state index is 14.8. The molecule has 0 aliphatic carbocycles. The summed E-state index contributed by atoms with van der Waals surface area (Å²) in [6.45, 7) is 6.60. The summed E-state index contributed by atoms with van der Waals surface area (Å²) in [5.74, 6) is -0.817. The number of benzene rings is 2. The highest BCUT2D eigenvalue weighted by Gasteiger charge is 2.31. The zero-order chi connectivity index (χ0) is 23.0. The second kappa shape index (κ2) is 8.51. The van der Waals surface area contributed by atoms with Crippen LogP contribution in [-0.4, -0.2) is 51.5 Å². The highest BCUT2D eigenvalue weighted by Crippen LogP contribution is 2.26. The van der Waals surface area contributed by atoms with Crippen molar-refractivity contribution in [1.29, 1.82) is 0 Å². The minimum absolute atomic E-state index is 0.00404. The summed E-state index contributed by atoms with van der Waals surface area (Å²) >= 11 is 0. The molecule has 2 N–H and O–H groups in total. The highest BCUT2D eigenvalue weighted by molar-refractivity contribution is 7.90. The molecule has 2 aliphatic rings. The van der Waals surface area contributed by atoms with Crippen LogP contribution in [0.1, 0.15) is 26.3 Å². The lowest BCUT2D eigenvalue weighted by atomic mass is 10.1. The number of anilines is 2. The van der Waals surface area contributed by atoms with E-state index in [1.807, 2.05) is 18.7 Å². The fourth-order valence-electron chi connectivity index (χ4n) is 3.94.